The second kappa shape index (κ2) is 9.95. The van der Waals surface area contributed by atoms with Crippen LogP contribution >= 0.6 is 0 Å². The van der Waals surface area contributed by atoms with E-state index in [0.29, 0.717) is 33.9 Å². The van der Waals surface area contributed by atoms with Gasteiger partial charge in [0.1, 0.15) is 36.3 Å². The van der Waals surface area contributed by atoms with Gasteiger partial charge in [-0.05, 0) is 12.1 Å². The zero-order valence-corrected chi connectivity index (χ0v) is 18.8. The van der Waals surface area contributed by atoms with Crippen LogP contribution in [0.1, 0.15) is 11.8 Å². The number of rotatable bonds is 7. The van der Waals surface area contributed by atoms with Gasteiger partial charge in [0.15, 0.2) is 28.9 Å². The van der Waals surface area contributed by atoms with Crippen LogP contribution in [-0.4, -0.2) is 92.3 Å². The Morgan fingerprint density at radius 2 is 1.79 bits per heavy atom. The molecule has 13 heteroatoms. The zero-order valence-electron chi connectivity index (χ0n) is 18.8. The summed E-state index contributed by atoms with van der Waals surface area (Å²) in [4.78, 5) is 16.2. The maximum absolute atomic E-state index is 10.5. The van der Waals surface area contributed by atoms with Crippen molar-refractivity contribution in [2.75, 3.05) is 27.9 Å². The summed E-state index contributed by atoms with van der Waals surface area (Å²) in [5.74, 6) is 1.46. The minimum atomic E-state index is -1.53. The third-order valence-electron chi connectivity index (χ3n) is 5.72. The number of imidazole rings is 1. The number of fused-ring (bicyclic) bond motifs is 1. The molecule has 3 heterocycles. The number of nitrogens with one attached hydrogen (secondary N) is 1. The lowest BCUT2D eigenvalue weighted by Gasteiger charge is -2.40. The number of benzene rings is 1. The molecular weight excluding hydrogens is 450 g/mol. The van der Waals surface area contributed by atoms with Gasteiger partial charge in [-0.25, -0.2) is 9.97 Å². The Labute approximate surface area is 193 Å². The molecule has 1 saturated heterocycles. The third-order valence-corrected chi connectivity index (χ3v) is 5.72. The van der Waals surface area contributed by atoms with Crippen molar-refractivity contribution < 1.29 is 39.4 Å². The van der Waals surface area contributed by atoms with Gasteiger partial charge in [-0.2, -0.15) is 0 Å². The van der Waals surface area contributed by atoms with Crippen LogP contribution in [0.25, 0.3) is 11.2 Å². The molecule has 13 nitrogen and oxygen atoms in total. The fraction of sp³-hybridized carbons (Fsp3) is 0.476. The smallest absolute Gasteiger partial charge is 0.203 e. The lowest BCUT2D eigenvalue weighted by molar-refractivity contribution is -0.250. The van der Waals surface area contributed by atoms with Crippen LogP contribution in [0.3, 0.4) is 0 Å². The lowest BCUT2D eigenvalue weighted by Crippen LogP contribution is -2.56. The van der Waals surface area contributed by atoms with Gasteiger partial charge in [0.05, 0.1) is 40.8 Å². The summed E-state index contributed by atoms with van der Waals surface area (Å²) in [6.07, 6.45) is -3.89. The van der Waals surface area contributed by atoms with Crippen LogP contribution in [0.4, 0.5) is 0 Å². The molecule has 0 saturated carbocycles. The largest absolute Gasteiger partial charge is 0.493 e. The molecule has 1 aliphatic rings. The zero-order chi connectivity index (χ0) is 24.4. The number of hydrogen-bond acceptors (Lipinski definition) is 11. The Balaban J connectivity index is 1.71. The molecule has 0 spiro atoms. The summed E-state index contributed by atoms with van der Waals surface area (Å²) in [6, 6.07) is 3.56. The highest BCUT2D eigenvalue weighted by Gasteiger charge is 2.44. The van der Waals surface area contributed by atoms with Crippen molar-refractivity contribution >= 4 is 11.2 Å². The van der Waals surface area contributed by atoms with E-state index >= 15 is 0 Å². The van der Waals surface area contributed by atoms with E-state index in [0.717, 1.165) is 5.56 Å². The fourth-order valence-corrected chi connectivity index (χ4v) is 3.95. The van der Waals surface area contributed by atoms with E-state index in [4.69, 9.17) is 18.9 Å². The highest BCUT2D eigenvalue weighted by atomic mass is 16.6. The molecule has 2 aromatic heterocycles. The van der Waals surface area contributed by atoms with Gasteiger partial charge in [-0.1, -0.05) is 0 Å². The van der Waals surface area contributed by atoms with E-state index in [1.54, 1.807) is 6.07 Å². The summed E-state index contributed by atoms with van der Waals surface area (Å²) in [5.41, 5.74) is 1.88. The van der Waals surface area contributed by atoms with Crippen molar-refractivity contribution in [3.05, 3.63) is 35.8 Å². The molecule has 1 aromatic carbocycles. The van der Waals surface area contributed by atoms with Gasteiger partial charge in [-0.3, -0.25) is 9.56 Å². The summed E-state index contributed by atoms with van der Waals surface area (Å²) in [6.45, 7) is -0.339. The number of aromatic nitrogens is 4. The molecule has 0 bridgehead atoms. The van der Waals surface area contributed by atoms with Gasteiger partial charge < -0.3 is 44.4 Å². The normalized spacial score (nSPS) is 25.5. The number of H-pyrrole nitrogens is 1. The molecule has 1 unspecified atom stereocenters. The van der Waals surface area contributed by atoms with Crippen molar-refractivity contribution in [2.24, 2.45) is 4.99 Å². The molecular formula is C21H27N5O8. The highest BCUT2D eigenvalue weighted by molar-refractivity contribution is 5.68. The quantitative estimate of drug-likeness (QED) is 0.279. The Morgan fingerprint density at radius 3 is 2.47 bits per heavy atom. The minimum Gasteiger partial charge on any atom is -0.493 e. The fourth-order valence-electron chi connectivity index (χ4n) is 3.95. The van der Waals surface area contributed by atoms with Crippen LogP contribution in [0.2, 0.25) is 0 Å². The van der Waals surface area contributed by atoms with Gasteiger partial charge in [0, 0.05) is 5.56 Å². The molecule has 3 aromatic rings. The maximum atomic E-state index is 10.5. The number of methoxy groups -OCH3 is 3. The van der Waals surface area contributed by atoms with Gasteiger partial charge >= 0.3 is 0 Å². The maximum Gasteiger partial charge on any atom is 0.203 e. The minimum absolute atomic E-state index is 0.203. The van der Waals surface area contributed by atoms with Crippen LogP contribution in [0.5, 0.6) is 17.2 Å². The van der Waals surface area contributed by atoms with E-state index in [2.05, 4.69) is 19.9 Å². The standard InChI is InChI=1S/C21H27N5O8/c1-31-11-5-4-10(17(32-2)18(11)33-3)6-22-19-13-20(24-8-23-13)26(9-25-19)21-16(30)15(29)14(28)12(7-27)34-21/h4-5,8-9,12,14-16,21,27-30H,6-7H2,1-3H3,(H,23,24)/t12-,14-,15+,16-,21?/m1/s1. The van der Waals surface area contributed by atoms with Gasteiger partial charge in [-0.15, -0.1) is 0 Å². The number of aromatic amines is 1. The Hall–Kier alpha value is -3.23. The van der Waals surface area contributed by atoms with Crippen LogP contribution < -0.4 is 19.7 Å². The van der Waals surface area contributed by atoms with Crippen molar-refractivity contribution in [1.29, 1.82) is 0 Å². The van der Waals surface area contributed by atoms with Crippen LogP contribution in [0.15, 0.2) is 29.8 Å². The van der Waals surface area contributed by atoms with E-state index in [1.165, 1.54) is 38.6 Å². The van der Waals surface area contributed by atoms with Crippen LogP contribution in [-0.2, 0) is 11.3 Å². The average Bonchev–Trinajstić information content (AvgIpc) is 3.36. The van der Waals surface area contributed by atoms with Crippen molar-refractivity contribution in [1.82, 2.24) is 19.5 Å². The van der Waals surface area contributed by atoms with Gasteiger partial charge in [0.25, 0.3) is 0 Å². The second-order valence-electron chi connectivity index (χ2n) is 7.61. The lowest BCUT2D eigenvalue weighted by atomic mass is 9.98. The van der Waals surface area contributed by atoms with E-state index in [1.807, 2.05) is 6.07 Å². The summed E-state index contributed by atoms with van der Waals surface area (Å²) < 4.78 is 23.3. The predicted molar refractivity (Wildman–Crippen MR) is 116 cm³/mol. The monoisotopic (exact) mass is 477 g/mol. The van der Waals surface area contributed by atoms with E-state index in [-0.39, 0.29) is 6.54 Å². The first-order valence-corrected chi connectivity index (χ1v) is 10.4. The molecule has 5 atom stereocenters. The molecule has 1 fully saturated rings. The Bertz CT molecular complexity index is 1210. The van der Waals surface area contributed by atoms with E-state index < -0.39 is 37.3 Å². The summed E-state index contributed by atoms with van der Waals surface area (Å²) in [7, 11) is 4.58. The molecule has 5 N–H and O–H groups in total. The SMILES string of the molecule is COc1ccc(CN=c2ncn(C3O[C@H](CO)[C@@H](O)[C@H](O)[C@H]3O)c3nc[nH]c23)c(OC)c1OC. The first-order chi connectivity index (χ1) is 16.4. The summed E-state index contributed by atoms with van der Waals surface area (Å²) in [5, 5.41) is 40.1. The van der Waals surface area contributed by atoms with Crippen LogP contribution in [0, 0.1) is 0 Å². The number of nitrogens with zero attached hydrogens (tertiary/aromatic N) is 4. The Kier molecular flexibility index (Phi) is 7.00. The predicted octanol–water partition coefficient (Wildman–Crippen LogP) is -1.14. The molecule has 0 radical (unpaired) electrons. The second-order valence-corrected chi connectivity index (χ2v) is 7.61. The highest BCUT2D eigenvalue weighted by Crippen LogP contribution is 2.40. The van der Waals surface area contributed by atoms with Crippen molar-refractivity contribution in [3.8, 4) is 17.2 Å². The molecule has 184 valence electrons. The molecule has 1 aliphatic heterocycles. The topological polar surface area (TPSA) is 177 Å². The number of ether oxygens (including phenoxy) is 4. The molecule has 4 rings (SSSR count). The third kappa shape index (κ3) is 4.08. The van der Waals surface area contributed by atoms with Crippen molar-refractivity contribution in [2.45, 2.75) is 37.2 Å². The number of aliphatic hydroxyl groups excluding tert-OH is 4. The molecule has 0 aliphatic carbocycles. The number of aliphatic hydroxyl groups is 4. The van der Waals surface area contributed by atoms with Gasteiger partial charge in [0.2, 0.25) is 5.75 Å². The first kappa shape index (κ1) is 23.9. The van der Waals surface area contributed by atoms with Crippen molar-refractivity contribution in [3.63, 3.8) is 0 Å². The first-order valence-electron chi connectivity index (χ1n) is 10.4. The average molecular weight is 477 g/mol. The molecule has 0 amide bonds. The Morgan fingerprint density at radius 1 is 1.03 bits per heavy atom. The number of hydrogen-bond donors (Lipinski definition) is 5. The summed E-state index contributed by atoms with van der Waals surface area (Å²) >= 11 is 0. The van der Waals surface area contributed by atoms with E-state index in [9.17, 15) is 20.4 Å². The molecule has 34 heavy (non-hydrogen) atoms.